The lowest BCUT2D eigenvalue weighted by atomic mass is 10.1. The van der Waals surface area contributed by atoms with E-state index in [4.69, 9.17) is 4.74 Å². The number of methoxy groups -OCH3 is 1. The lowest BCUT2D eigenvalue weighted by Crippen LogP contribution is -2.19. The molecule has 4 rings (SSSR count). The molecule has 0 saturated heterocycles. The van der Waals surface area contributed by atoms with Gasteiger partial charge in [-0.15, -0.1) is 5.10 Å². The molecule has 0 bridgehead atoms. The molecular formula is C21H14F4N4O2. The van der Waals surface area contributed by atoms with E-state index in [2.05, 4.69) is 15.4 Å². The van der Waals surface area contributed by atoms with Crippen LogP contribution in [0.25, 0.3) is 16.9 Å². The van der Waals surface area contributed by atoms with Crippen LogP contribution in [0.3, 0.4) is 0 Å². The minimum Gasteiger partial charge on any atom is -0.480 e. The molecule has 2 heterocycles. The van der Waals surface area contributed by atoms with E-state index in [0.717, 1.165) is 18.2 Å². The summed E-state index contributed by atoms with van der Waals surface area (Å²) in [4.78, 5) is 16.8. The lowest BCUT2D eigenvalue weighted by molar-refractivity contribution is -0.137. The Bertz CT molecular complexity index is 1280. The van der Waals surface area contributed by atoms with E-state index >= 15 is 0 Å². The number of ether oxygens (including phenoxy) is 1. The molecule has 1 N–H and O–H groups in total. The topological polar surface area (TPSA) is 68.5 Å². The molecular weight excluding hydrogens is 416 g/mol. The highest BCUT2D eigenvalue weighted by atomic mass is 19.4. The van der Waals surface area contributed by atoms with Crippen LogP contribution in [0, 0.1) is 5.82 Å². The van der Waals surface area contributed by atoms with Gasteiger partial charge in [-0.3, -0.25) is 4.79 Å². The van der Waals surface area contributed by atoms with Crippen molar-refractivity contribution in [2.75, 3.05) is 12.4 Å². The van der Waals surface area contributed by atoms with E-state index in [1.165, 1.54) is 35.9 Å². The first-order valence-electron chi connectivity index (χ1n) is 8.94. The summed E-state index contributed by atoms with van der Waals surface area (Å²) in [5.74, 6) is -1.51. The molecule has 0 fully saturated rings. The van der Waals surface area contributed by atoms with Gasteiger partial charge >= 0.3 is 6.18 Å². The predicted molar refractivity (Wildman–Crippen MR) is 104 cm³/mol. The minimum atomic E-state index is -4.72. The van der Waals surface area contributed by atoms with Crippen molar-refractivity contribution >= 4 is 17.2 Å². The van der Waals surface area contributed by atoms with Gasteiger partial charge in [-0.2, -0.15) is 13.2 Å². The summed E-state index contributed by atoms with van der Waals surface area (Å²) in [6.45, 7) is 0. The van der Waals surface area contributed by atoms with Gasteiger partial charge in [-0.05, 0) is 36.4 Å². The van der Waals surface area contributed by atoms with Crippen LogP contribution < -0.4 is 10.1 Å². The maximum atomic E-state index is 14.3. The van der Waals surface area contributed by atoms with E-state index in [0.29, 0.717) is 22.8 Å². The fourth-order valence-corrected chi connectivity index (χ4v) is 3.01. The molecule has 10 heteroatoms. The van der Waals surface area contributed by atoms with E-state index in [9.17, 15) is 22.4 Å². The fourth-order valence-electron chi connectivity index (χ4n) is 3.01. The first kappa shape index (κ1) is 20.3. The molecule has 158 valence electrons. The molecule has 0 spiro atoms. The number of imidazole rings is 1. The van der Waals surface area contributed by atoms with Crippen molar-refractivity contribution < 1.29 is 27.1 Å². The number of alkyl halides is 3. The number of hydrogen-bond donors (Lipinski definition) is 1. The van der Waals surface area contributed by atoms with Gasteiger partial charge in [0.25, 0.3) is 5.91 Å². The monoisotopic (exact) mass is 430 g/mol. The largest absolute Gasteiger partial charge is 0.480 e. The van der Waals surface area contributed by atoms with Gasteiger partial charge in [-0.1, -0.05) is 12.1 Å². The van der Waals surface area contributed by atoms with Crippen molar-refractivity contribution in [3.8, 4) is 17.1 Å². The molecule has 0 atom stereocenters. The summed E-state index contributed by atoms with van der Waals surface area (Å²) in [6, 6.07) is 11.4. The zero-order valence-electron chi connectivity index (χ0n) is 15.9. The van der Waals surface area contributed by atoms with Crippen LogP contribution >= 0.6 is 0 Å². The summed E-state index contributed by atoms with van der Waals surface area (Å²) < 4.78 is 60.4. The van der Waals surface area contributed by atoms with Gasteiger partial charge in [-0.25, -0.2) is 13.9 Å². The minimum absolute atomic E-state index is 0.276. The number of nitrogens with one attached hydrogen (secondary N) is 1. The Hall–Kier alpha value is -3.95. The molecule has 2 aromatic carbocycles. The van der Waals surface area contributed by atoms with Gasteiger partial charge in [0.15, 0.2) is 5.65 Å². The fraction of sp³-hybridized carbons (Fsp3) is 0.0952. The summed E-state index contributed by atoms with van der Waals surface area (Å²) in [5.41, 5.74) is -0.627. The maximum Gasteiger partial charge on any atom is 0.417 e. The van der Waals surface area contributed by atoms with Crippen LogP contribution in [-0.4, -0.2) is 27.6 Å². The molecule has 0 saturated carbocycles. The molecule has 6 nitrogen and oxygen atoms in total. The third-order valence-corrected chi connectivity index (χ3v) is 4.49. The first-order valence-corrected chi connectivity index (χ1v) is 8.94. The Morgan fingerprint density at radius 2 is 1.87 bits per heavy atom. The van der Waals surface area contributed by atoms with Gasteiger partial charge in [0.05, 0.1) is 35.8 Å². The Balaban J connectivity index is 1.67. The van der Waals surface area contributed by atoms with Crippen molar-refractivity contribution in [1.82, 2.24) is 14.6 Å². The standard InChI is InChI=1S/C21H14F4N4O2/c1-31-19-9-8-18-26-17(11-29(18)28-19)12-6-7-15(22)16(10-12)27-20(30)13-4-2-3-5-14(13)21(23,24)25/h2-11H,1H3,(H,27,30). The normalized spacial score (nSPS) is 11.5. The van der Waals surface area contributed by atoms with Gasteiger partial charge in [0, 0.05) is 11.6 Å². The second-order valence-electron chi connectivity index (χ2n) is 6.50. The molecule has 4 aromatic rings. The number of carbonyl (C=O) groups excluding carboxylic acids is 1. The molecule has 2 aromatic heterocycles. The highest BCUT2D eigenvalue weighted by molar-refractivity contribution is 6.05. The van der Waals surface area contributed by atoms with E-state index in [1.807, 2.05) is 0 Å². The maximum absolute atomic E-state index is 14.3. The summed E-state index contributed by atoms with van der Waals surface area (Å²) >= 11 is 0. The van der Waals surface area contributed by atoms with Crippen LogP contribution in [0.4, 0.5) is 23.2 Å². The average Bonchev–Trinajstić information content (AvgIpc) is 3.17. The lowest BCUT2D eigenvalue weighted by Gasteiger charge is -2.13. The van der Waals surface area contributed by atoms with Crippen LogP contribution in [-0.2, 0) is 6.18 Å². The predicted octanol–water partition coefficient (Wildman–Crippen LogP) is 4.82. The van der Waals surface area contributed by atoms with Gasteiger partial charge < -0.3 is 10.1 Å². The van der Waals surface area contributed by atoms with Crippen molar-refractivity contribution in [2.24, 2.45) is 0 Å². The van der Waals surface area contributed by atoms with Crippen molar-refractivity contribution in [3.05, 3.63) is 77.7 Å². The molecule has 1 amide bonds. The summed E-state index contributed by atoms with van der Waals surface area (Å²) in [6.07, 6.45) is -3.14. The third-order valence-electron chi connectivity index (χ3n) is 4.49. The molecule has 31 heavy (non-hydrogen) atoms. The van der Waals surface area contributed by atoms with Crippen molar-refractivity contribution in [3.63, 3.8) is 0 Å². The number of rotatable bonds is 4. The average molecular weight is 430 g/mol. The first-order chi connectivity index (χ1) is 14.8. The number of anilines is 1. The molecule has 0 aliphatic carbocycles. The zero-order valence-corrected chi connectivity index (χ0v) is 15.9. The van der Waals surface area contributed by atoms with Crippen LogP contribution in [0.2, 0.25) is 0 Å². The summed E-state index contributed by atoms with van der Waals surface area (Å²) in [5, 5.41) is 6.40. The third kappa shape index (κ3) is 4.04. The highest BCUT2D eigenvalue weighted by Gasteiger charge is 2.35. The van der Waals surface area contributed by atoms with E-state index < -0.39 is 29.0 Å². The smallest absolute Gasteiger partial charge is 0.417 e. The molecule has 0 aliphatic rings. The molecule has 0 radical (unpaired) electrons. The number of halogens is 4. The molecule has 0 aliphatic heterocycles. The second kappa shape index (κ2) is 7.71. The Morgan fingerprint density at radius 3 is 2.61 bits per heavy atom. The number of hydrogen-bond acceptors (Lipinski definition) is 4. The number of aromatic nitrogens is 3. The number of nitrogens with zero attached hydrogens (tertiary/aromatic N) is 3. The van der Waals surface area contributed by atoms with E-state index in [1.54, 1.807) is 18.3 Å². The Morgan fingerprint density at radius 1 is 1.10 bits per heavy atom. The van der Waals surface area contributed by atoms with Gasteiger partial charge in [0.2, 0.25) is 5.88 Å². The van der Waals surface area contributed by atoms with Crippen LogP contribution in [0.5, 0.6) is 5.88 Å². The number of benzene rings is 2. The zero-order chi connectivity index (χ0) is 22.2. The van der Waals surface area contributed by atoms with Crippen molar-refractivity contribution in [1.29, 1.82) is 0 Å². The Labute approximate surface area is 173 Å². The van der Waals surface area contributed by atoms with E-state index in [-0.39, 0.29) is 5.69 Å². The number of carbonyl (C=O) groups is 1. The Kier molecular flexibility index (Phi) is 5.05. The highest BCUT2D eigenvalue weighted by Crippen LogP contribution is 2.32. The SMILES string of the molecule is COc1ccc2nc(-c3ccc(F)c(NC(=O)c4ccccc4C(F)(F)F)c3)cn2n1. The van der Waals surface area contributed by atoms with Crippen LogP contribution in [0.15, 0.2) is 60.8 Å². The molecule has 0 unspecified atom stereocenters. The number of amides is 1. The summed E-state index contributed by atoms with van der Waals surface area (Å²) in [7, 11) is 1.47. The van der Waals surface area contributed by atoms with Crippen LogP contribution in [0.1, 0.15) is 15.9 Å². The quantitative estimate of drug-likeness (QED) is 0.472. The second-order valence-corrected chi connectivity index (χ2v) is 6.50. The number of fused-ring (bicyclic) bond motifs is 1. The van der Waals surface area contributed by atoms with Crippen molar-refractivity contribution in [2.45, 2.75) is 6.18 Å². The van der Waals surface area contributed by atoms with Gasteiger partial charge in [0.1, 0.15) is 5.82 Å².